The van der Waals surface area contributed by atoms with Crippen molar-refractivity contribution in [3.8, 4) is 0 Å². The number of aliphatic hydroxyl groups is 1. The highest BCUT2D eigenvalue weighted by molar-refractivity contribution is 5.67. The van der Waals surface area contributed by atoms with Crippen LogP contribution in [0.3, 0.4) is 0 Å². The molecule has 0 aromatic carbocycles. The lowest BCUT2D eigenvalue weighted by molar-refractivity contribution is -0.385. The molecule has 2 N–H and O–H groups in total. The quantitative estimate of drug-likeness (QED) is 0.499. The molecule has 0 fully saturated rings. The predicted octanol–water partition coefficient (Wildman–Crippen LogP) is -1.01. The van der Waals surface area contributed by atoms with E-state index in [2.05, 4.69) is 4.98 Å². The fourth-order valence-electron chi connectivity index (χ4n) is 1.16. The van der Waals surface area contributed by atoms with Crippen LogP contribution >= 0.6 is 0 Å². The maximum absolute atomic E-state index is 11.2. The van der Waals surface area contributed by atoms with Gasteiger partial charge in [-0.15, -0.1) is 0 Å². The molecule has 1 unspecified atom stereocenters. The van der Waals surface area contributed by atoms with E-state index < -0.39 is 34.8 Å². The molecule has 0 aliphatic heterocycles. The standard InChI is InChI=1S/C8H9N3O6/c12-6(1-7(13)14)4-10-3-5(11(16)17)2-9-8(10)15/h2-3,6,12H,1,4H2,(H,13,14). The van der Waals surface area contributed by atoms with Gasteiger partial charge in [0.05, 0.1) is 30.2 Å². The van der Waals surface area contributed by atoms with Crippen molar-refractivity contribution >= 4 is 11.7 Å². The fourth-order valence-corrected chi connectivity index (χ4v) is 1.16. The Hall–Kier alpha value is -2.29. The van der Waals surface area contributed by atoms with Gasteiger partial charge in [-0.1, -0.05) is 0 Å². The molecular formula is C8H9N3O6. The molecule has 1 atom stereocenters. The van der Waals surface area contributed by atoms with Gasteiger partial charge in [0.2, 0.25) is 0 Å². The molecule has 0 spiro atoms. The van der Waals surface area contributed by atoms with Crippen molar-refractivity contribution in [3.63, 3.8) is 0 Å². The van der Waals surface area contributed by atoms with E-state index in [0.29, 0.717) is 0 Å². The Labute approximate surface area is 94.1 Å². The summed E-state index contributed by atoms with van der Waals surface area (Å²) in [6.07, 6.45) is -0.174. The molecular weight excluding hydrogens is 234 g/mol. The molecule has 0 saturated heterocycles. The molecule has 0 radical (unpaired) electrons. The van der Waals surface area contributed by atoms with Gasteiger partial charge >= 0.3 is 17.3 Å². The molecule has 92 valence electrons. The van der Waals surface area contributed by atoms with Crippen molar-refractivity contribution < 1.29 is 19.9 Å². The van der Waals surface area contributed by atoms with Gasteiger partial charge in [0.1, 0.15) is 6.20 Å². The van der Waals surface area contributed by atoms with Crippen LogP contribution in [-0.2, 0) is 11.3 Å². The summed E-state index contributed by atoms with van der Waals surface area (Å²) in [5.41, 5.74) is -1.20. The van der Waals surface area contributed by atoms with Crippen LogP contribution in [0, 0.1) is 10.1 Å². The largest absolute Gasteiger partial charge is 0.481 e. The summed E-state index contributed by atoms with van der Waals surface area (Å²) in [6.45, 7) is -0.361. The van der Waals surface area contributed by atoms with Crippen molar-refractivity contribution in [2.45, 2.75) is 19.1 Å². The number of aliphatic carboxylic acids is 1. The zero-order valence-electron chi connectivity index (χ0n) is 8.52. The minimum atomic E-state index is -1.31. The Bertz CT molecular complexity index is 496. The predicted molar refractivity (Wildman–Crippen MR) is 53.4 cm³/mol. The summed E-state index contributed by atoms with van der Waals surface area (Å²) in [6, 6.07) is 0. The van der Waals surface area contributed by atoms with Crippen molar-refractivity contribution in [3.05, 3.63) is 33.0 Å². The minimum absolute atomic E-state index is 0.361. The van der Waals surface area contributed by atoms with Crippen LogP contribution in [0.4, 0.5) is 5.69 Å². The van der Waals surface area contributed by atoms with E-state index >= 15 is 0 Å². The number of carboxylic acid groups (broad SMARTS) is 1. The van der Waals surface area contributed by atoms with Crippen LogP contribution in [0.25, 0.3) is 0 Å². The average molecular weight is 243 g/mol. The Morgan fingerprint density at radius 3 is 2.82 bits per heavy atom. The van der Waals surface area contributed by atoms with E-state index in [4.69, 9.17) is 5.11 Å². The first-order valence-electron chi connectivity index (χ1n) is 4.51. The minimum Gasteiger partial charge on any atom is -0.481 e. The maximum Gasteiger partial charge on any atom is 0.348 e. The maximum atomic E-state index is 11.2. The van der Waals surface area contributed by atoms with Gasteiger partial charge in [0.25, 0.3) is 0 Å². The Morgan fingerprint density at radius 1 is 1.65 bits per heavy atom. The van der Waals surface area contributed by atoms with Crippen LogP contribution in [-0.4, -0.2) is 36.8 Å². The number of nitro groups is 1. The zero-order valence-corrected chi connectivity index (χ0v) is 8.52. The molecule has 1 aromatic rings. The molecule has 0 aliphatic carbocycles. The second-order valence-electron chi connectivity index (χ2n) is 3.26. The number of carbonyl (C=O) groups is 1. The van der Waals surface area contributed by atoms with Crippen molar-refractivity contribution in [1.29, 1.82) is 0 Å². The number of hydrogen-bond donors (Lipinski definition) is 2. The summed E-state index contributed by atoms with van der Waals surface area (Å²) in [7, 11) is 0. The van der Waals surface area contributed by atoms with Crippen LogP contribution < -0.4 is 5.69 Å². The summed E-state index contributed by atoms with van der Waals surface area (Å²) in [5.74, 6) is -1.23. The first-order chi connectivity index (χ1) is 7.90. The van der Waals surface area contributed by atoms with Gasteiger partial charge in [0, 0.05) is 0 Å². The van der Waals surface area contributed by atoms with Gasteiger partial charge in [-0.25, -0.2) is 4.79 Å². The summed E-state index contributed by atoms with van der Waals surface area (Å²) in [5, 5.41) is 28.1. The number of aliphatic hydroxyl groups excluding tert-OH is 1. The van der Waals surface area contributed by atoms with E-state index in [1.807, 2.05) is 0 Å². The SMILES string of the molecule is O=C(O)CC(O)Cn1cc([N+](=O)[O-])cnc1=O. The van der Waals surface area contributed by atoms with Gasteiger partial charge in [-0.05, 0) is 0 Å². The van der Waals surface area contributed by atoms with Crippen molar-refractivity contribution in [1.82, 2.24) is 9.55 Å². The molecule has 0 saturated carbocycles. The first kappa shape index (κ1) is 12.8. The third-order valence-corrected chi connectivity index (χ3v) is 1.87. The number of rotatable bonds is 5. The van der Waals surface area contributed by atoms with E-state index in [9.17, 15) is 24.8 Å². The number of nitrogens with zero attached hydrogens (tertiary/aromatic N) is 3. The molecule has 1 aromatic heterocycles. The number of aromatic nitrogens is 2. The smallest absolute Gasteiger partial charge is 0.348 e. The molecule has 0 aliphatic rings. The highest BCUT2D eigenvalue weighted by Gasteiger charge is 2.14. The molecule has 0 bridgehead atoms. The lowest BCUT2D eigenvalue weighted by atomic mass is 10.2. The van der Waals surface area contributed by atoms with Gasteiger partial charge in [-0.2, -0.15) is 4.98 Å². The van der Waals surface area contributed by atoms with Crippen LogP contribution in [0.15, 0.2) is 17.2 Å². The molecule has 9 heteroatoms. The Morgan fingerprint density at radius 2 is 2.29 bits per heavy atom. The van der Waals surface area contributed by atoms with E-state index in [1.165, 1.54) is 0 Å². The molecule has 17 heavy (non-hydrogen) atoms. The second-order valence-corrected chi connectivity index (χ2v) is 3.26. The summed E-state index contributed by atoms with van der Waals surface area (Å²) < 4.78 is 0.797. The second kappa shape index (κ2) is 5.16. The molecule has 1 rings (SSSR count). The third-order valence-electron chi connectivity index (χ3n) is 1.87. The van der Waals surface area contributed by atoms with Crippen molar-refractivity contribution in [2.24, 2.45) is 0 Å². The van der Waals surface area contributed by atoms with Crippen molar-refractivity contribution in [2.75, 3.05) is 0 Å². The zero-order chi connectivity index (χ0) is 13.0. The normalized spacial score (nSPS) is 12.1. The summed E-state index contributed by atoms with van der Waals surface area (Å²) >= 11 is 0. The lowest BCUT2D eigenvalue weighted by Gasteiger charge is -2.09. The summed E-state index contributed by atoms with van der Waals surface area (Å²) in [4.78, 5) is 34.4. The molecule has 0 amide bonds. The Balaban J connectivity index is 2.90. The molecule has 1 heterocycles. The topological polar surface area (TPSA) is 136 Å². The van der Waals surface area contributed by atoms with Crippen LogP contribution in [0.5, 0.6) is 0 Å². The Kier molecular flexibility index (Phi) is 3.88. The highest BCUT2D eigenvalue weighted by Crippen LogP contribution is 2.05. The van der Waals surface area contributed by atoms with E-state index in [0.717, 1.165) is 17.0 Å². The van der Waals surface area contributed by atoms with Crippen LogP contribution in [0.1, 0.15) is 6.42 Å². The van der Waals surface area contributed by atoms with E-state index in [-0.39, 0.29) is 6.54 Å². The third kappa shape index (κ3) is 3.65. The highest BCUT2D eigenvalue weighted by atomic mass is 16.6. The first-order valence-corrected chi connectivity index (χ1v) is 4.51. The monoisotopic (exact) mass is 243 g/mol. The lowest BCUT2D eigenvalue weighted by Crippen LogP contribution is -2.29. The van der Waals surface area contributed by atoms with Gasteiger partial charge < -0.3 is 10.2 Å². The fraction of sp³-hybridized carbons (Fsp3) is 0.375. The van der Waals surface area contributed by atoms with Crippen LogP contribution in [0.2, 0.25) is 0 Å². The van der Waals surface area contributed by atoms with Gasteiger partial charge in [-0.3, -0.25) is 19.5 Å². The van der Waals surface area contributed by atoms with Gasteiger partial charge in [0.15, 0.2) is 0 Å². The number of carboxylic acids is 1. The average Bonchev–Trinajstić information content (AvgIpc) is 2.19. The van der Waals surface area contributed by atoms with E-state index in [1.54, 1.807) is 0 Å². The molecule has 9 nitrogen and oxygen atoms in total. The number of hydrogen-bond acceptors (Lipinski definition) is 6.